The predicted octanol–water partition coefficient (Wildman–Crippen LogP) is 4.85. The van der Waals surface area contributed by atoms with Gasteiger partial charge in [-0.1, -0.05) is 25.4 Å². The molecule has 0 unspecified atom stereocenters. The second-order valence-corrected chi connectivity index (χ2v) is 7.13. The van der Waals surface area contributed by atoms with Gasteiger partial charge in [0.25, 0.3) is 0 Å². The second kappa shape index (κ2) is 6.49. The highest BCUT2D eigenvalue weighted by atomic mass is 35.5. The molecule has 3 rings (SSSR count). The van der Waals surface area contributed by atoms with Gasteiger partial charge in [-0.3, -0.25) is 0 Å². The lowest BCUT2D eigenvalue weighted by atomic mass is 9.97. The van der Waals surface area contributed by atoms with E-state index in [1.54, 1.807) is 0 Å². The smallest absolute Gasteiger partial charge is 0.228 e. The summed E-state index contributed by atoms with van der Waals surface area (Å²) in [4.78, 5) is 14.2. The van der Waals surface area contributed by atoms with Crippen molar-refractivity contribution in [3.8, 4) is 0 Å². The van der Waals surface area contributed by atoms with Crippen molar-refractivity contribution in [1.29, 1.82) is 0 Å². The van der Waals surface area contributed by atoms with Crippen molar-refractivity contribution >= 4 is 39.1 Å². The molecule has 0 bridgehead atoms. The highest BCUT2D eigenvalue weighted by molar-refractivity contribution is 7.19. The van der Waals surface area contributed by atoms with Crippen LogP contribution in [0.1, 0.15) is 50.0 Å². The summed E-state index contributed by atoms with van der Waals surface area (Å²) in [5.74, 6) is 0.801. The van der Waals surface area contributed by atoms with Gasteiger partial charge in [-0.2, -0.15) is 0 Å². The van der Waals surface area contributed by atoms with E-state index in [0.29, 0.717) is 5.15 Å². The maximum absolute atomic E-state index is 6.51. The van der Waals surface area contributed by atoms with Crippen LogP contribution >= 0.6 is 22.9 Å². The van der Waals surface area contributed by atoms with Gasteiger partial charge in [0, 0.05) is 18.0 Å². The molecule has 0 atom stereocenters. The Labute approximate surface area is 135 Å². The van der Waals surface area contributed by atoms with Crippen molar-refractivity contribution in [2.75, 3.05) is 18.0 Å². The molecule has 0 aromatic carbocycles. The van der Waals surface area contributed by atoms with Gasteiger partial charge in [0.1, 0.15) is 9.98 Å². The van der Waals surface area contributed by atoms with Crippen LogP contribution in [0.3, 0.4) is 0 Å². The molecule has 21 heavy (non-hydrogen) atoms. The lowest BCUT2D eigenvalue weighted by molar-refractivity contribution is 0.700. The first-order chi connectivity index (χ1) is 10.2. The fourth-order valence-corrected chi connectivity index (χ4v) is 4.69. The summed E-state index contributed by atoms with van der Waals surface area (Å²) >= 11 is 8.33. The van der Waals surface area contributed by atoms with Crippen LogP contribution in [0.2, 0.25) is 5.15 Å². The number of nitrogens with zero attached hydrogens (tertiary/aromatic N) is 3. The molecule has 3 nitrogen and oxygen atoms in total. The molecular weight excluding hydrogens is 302 g/mol. The molecule has 2 aromatic heterocycles. The number of aryl methyl sites for hydroxylation is 2. The number of aromatic nitrogens is 2. The van der Waals surface area contributed by atoms with Gasteiger partial charge in [0.15, 0.2) is 0 Å². The lowest BCUT2D eigenvalue weighted by Gasteiger charge is -2.21. The Hall–Kier alpha value is -0.870. The van der Waals surface area contributed by atoms with E-state index in [1.807, 2.05) is 11.3 Å². The van der Waals surface area contributed by atoms with E-state index in [4.69, 9.17) is 16.6 Å². The summed E-state index contributed by atoms with van der Waals surface area (Å²) in [6, 6.07) is 0. The highest BCUT2D eigenvalue weighted by Crippen LogP contribution is 2.39. The molecule has 5 heteroatoms. The number of rotatable bonds is 5. The molecule has 0 aliphatic heterocycles. The van der Waals surface area contributed by atoms with Crippen LogP contribution in [0, 0.1) is 0 Å². The van der Waals surface area contributed by atoms with E-state index in [-0.39, 0.29) is 0 Å². The number of fused-ring (bicyclic) bond motifs is 3. The van der Waals surface area contributed by atoms with Crippen molar-refractivity contribution in [2.24, 2.45) is 0 Å². The van der Waals surface area contributed by atoms with E-state index >= 15 is 0 Å². The zero-order valence-electron chi connectivity index (χ0n) is 12.8. The molecule has 1 aliphatic carbocycles. The maximum Gasteiger partial charge on any atom is 0.228 e. The van der Waals surface area contributed by atoms with Crippen molar-refractivity contribution < 1.29 is 0 Å². The average Bonchev–Trinajstić information content (AvgIpc) is 2.85. The van der Waals surface area contributed by atoms with Gasteiger partial charge in [0.05, 0.1) is 5.39 Å². The Balaban J connectivity index is 2.06. The summed E-state index contributed by atoms with van der Waals surface area (Å²) in [5, 5.41) is 1.76. The lowest BCUT2D eigenvalue weighted by Crippen LogP contribution is -2.26. The molecule has 0 amide bonds. The van der Waals surface area contributed by atoms with Gasteiger partial charge in [-0.05, 0) is 44.1 Å². The highest BCUT2D eigenvalue weighted by Gasteiger charge is 2.21. The first-order valence-electron chi connectivity index (χ1n) is 7.97. The maximum atomic E-state index is 6.51. The molecule has 2 aromatic rings. The van der Waals surface area contributed by atoms with Crippen molar-refractivity contribution in [3.05, 3.63) is 15.6 Å². The van der Waals surface area contributed by atoms with Crippen LogP contribution in [0.15, 0.2) is 0 Å². The predicted molar refractivity (Wildman–Crippen MR) is 91.9 cm³/mol. The molecule has 114 valence electrons. The third-order valence-electron chi connectivity index (χ3n) is 4.03. The third-order valence-corrected chi connectivity index (χ3v) is 5.49. The first kappa shape index (κ1) is 15.0. The third kappa shape index (κ3) is 2.88. The minimum Gasteiger partial charge on any atom is -0.341 e. The molecule has 1 aliphatic rings. The molecule has 0 saturated carbocycles. The number of hydrogen-bond acceptors (Lipinski definition) is 4. The summed E-state index contributed by atoms with van der Waals surface area (Å²) in [6.45, 7) is 6.35. The quantitative estimate of drug-likeness (QED) is 0.736. The monoisotopic (exact) mass is 323 g/mol. The number of hydrogen-bond donors (Lipinski definition) is 0. The van der Waals surface area contributed by atoms with Gasteiger partial charge < -0.3 is 4.90 Å². The summed E-state index contributed by atoms with van der Waals surface area (Å²) in [5.41, 5.74) is 1.41. The zero-order valence-corrected chi connectivity index (χ0v) is 14.4. The Morgan fingerprint density at radius 1 is 1.10 bits per heavy atom. The molecular formula is C16H22ClN3S. The fourth-order valence-electron chi connectivity index (χ4n) is 3.10. The van der Waals surface area contributed by atoms with Crippen molar-refractivity contribution in [1.82, 2.24) is 9.97 Å². The topological polar surface area (TPSA) is 29.0 Å². The number of thiophene rings is 1. The molecule has 0 radical (unpaired) electrons. The molecule has 0 N–H and O–H groups in total. The SMILES string of the molecule is CCCN(CCC)c1nc(Cl)c2c3c(sc2n1)CCCC3. The molecule has 0 saturated heterocycles. The van der Waals surface area contributed by atoms with E-state index < -0.39 is 0 Å². The van der Waals surface area contributed by atoms with E-state index in [2.05, 4.69) is 23.7 Å². The Bertz CT molecular complexity index is 632. The summed E-state index contributed by atoms with van der Waals surface area (Å²) < 4.78 is 0. The zero-order chi connectivity index (χ0) is 14.8. The molecule has 0 spiro atoms. The van der Waals surface area contributed by atoms with Crippen LogP contribution in [0.25, 0.3) is 10.2 Å². The van der Waals surface area contributed by atoms with E-state index in [0.717, 1.165) is 48.5 Å². The van der Waals surface area contributed by atoms with E-state index in [1.165, 1.54) is 29.7 Å². The van der Waals surface area contributed by atoms with Gasteiger partial charge in [0.2, 0.25) is 5.95 Å². The number of halogens is 1. The van der Waals surface area contributed by atoms with Crippen LogP contribution < -0.4 is 4.90 Å². The van der Waals surface area contributed by atoms with Gasteiger partial charge >= 0.3 is 0 Å². The average molecular weight is 324 g/mol. The minimum absolute atomic E-state index is 0.645. The van der Waals surface area contributed by atoms with Gasteiger partial charge in [-0.15, -0.1) is 11.3 Å². The number of anilines is 1. The van der Waals surface area contributed by atoms with E-state index in [9.17, 15) is 0 Å². The van der Waals surface area contributed by atoms with Crippen LogP contribution in [-0.4, -0.2) is 23.1 Å². The van der Waals surface area contributed by atoms with Crippen LogP contribution in [0.5, 0.6) is 0 Å². The van der Waals surface area contributed by atoms with Crippen molar-refractivity contribution in [2.45, 2.75) is 52.4 Å². The molecule has 0 fully saturated rings. The summed E-state index contributed by atoms with van der Waals surface area (Å²) in [7, 11) is 0. The van der Waals surface area contributed by atoms with Crippen LogP contribution in [0.4, 0.5) is 5.95 Å². The largest absolute Gasteiger partial charge is 0.341 e. The standard InChI is InChI=1S/C16H22ClN3S/c1-3-9-20(10-4-2)16-18-14(17)13-11-7-5-6-8-12(11)21-15(13)19-16/h3-10H2,1-2H3. The Kier molecular flexibility index (Phi) is 4.65. The Morgan fingerprint density at radius 3 is 2.52 bits per heavy atom. The minimum atomic E-state index is 0.645. The summed E-state index contributed by atoms with van der Waals surface area (Å²) in [6.07, 6.45) is 7.05. The van der Waals surface area contributed by atoms with Crippen LogP contribution in [-0.2, 0) is 12.8 Å². The fraction of sp³-hybridized carbons (Fsp3) is 0.625. The first-order valence-corrected chi connectivity index (χ1v) is 9.16. The molecule has 2 heterocycles. The van der Waals surface area contributed by atoms with Crippen molar-refractivity contribution in [3.63, 3.8) is 0 Å². The normalized spacial score (nSPS) is 14.4. The Morgan fingerprint density at radius 2 is 1.81 bits per heavy atom. The second-order valence-electron chi connectivity index (χ2n) is 5.69. The van der Waals surface area contributed by atoms with Gasteiger partial charge in [-0.25, -0.2) is 9.97 Å².